The van der Waals surface area contributed by atoms with Gasteiger partial charge in [0.05, 0.1) is 6.10 Å². The van der Waals surface area contributed by atoms with E-state index in [4.69, 9.17) is 4.74 Å². The van der Waals surface area contributed by atoms with E-state index in [0.29, 0.717) is 26.1 Å². The molecule has 2 aliphatic rings. The number of aliphatic carboxylic acids is 1. The van der Waals surface area contributed by atoms with E-state index < -0.39 is 12.0 Å². The van der Waals surface area contributed by atoms with Gasteiger partial charge < -0.3 is 19.6 Å². The first-order valence-electron chi connectivity index (χ1n) is 8.66. The van der Waals surface area contributed by atoms with Gasteiger partial charge in [-0.15, -0.1) is 0 Å². The van der Waals surface area contributed by atoms with Crippen molar-refractivity contribution >= 4 is 12.0 Å². The zero-order valence-corrected chi connectivity index (χ0v) is 14.5. The maximum Gasteiger partial charge on any atom is 0.326 e. The number of rotatable bonds is 4. The van der Waals surface area contributed by atoms with Crippen molar-refractivity contribution in [3.05, 3.63) is 35.9 Å². The molecule has 1 N–H and O–H groups in total. The molecule has 25 heavy (non-hydrogen) atoms. The van der Waals surface area contributed by atoms with Gasteiger partial charge in [0.2, 0.25) is 0 Å². The standard InChI is InChI=1S/C18H25N3O4/c1-25-15-11-16(17(22)23)21(13-15)18(24)20-9-7-19(8-10-20)12-14-5-3-2-4-6-14/h2-6,15-16H,7-13H2,1H3,(H,22,23). The zero-order chi connectivity index (χ0) is 17.8. The summed E-state index contributed by atoms with van der Waals surface area (Å²) in [5.74, 6) is -0.962. The van der Waals surface area contributed by atoms with Crippen LogP contribution in [0.2, 0.25) is 0 Å². The van der Waals surface area contributed by atoms with Crippen LogP contribution in [0.5, 0.6) is 0 Å². The maximum absolute atomic E-state index is 12.8. The summed E-state index contributed by atoms with van der Waals surface area (Å²) in [6.45, 7) is 4.03. The van der Waals surface area contributed by atoms with Crippen LogP contribution >= 0.6 is 0 Å². The third-order valence-electron chi connectivity index (χ3n) is 5.02. The molecule has 7 heteroatoms. The normalized spacial score (nSPS) is 24.5. The van der Waals surface area contributed by atoms with E-state index in [-0.39, 0.29) is 12.1 Å². The number of likely N-dealkylation sites (tertiary alicyclic amines) is 1. The maximum atomic E-state index is 12.8. The molecule has 0 saturated carbocycles. The van der Waals surface area contributed by atoms with Gasteiger partial charge in [-0.25, -0.2) is 9.59 Å². The van der Waals surface area contributed by atoms with Crippen molar-refractivity contribution in [3.63, 3.8) is 0 Å². The zero-order valence-electron chi connectivity index (χ0n) is 14.5. The second-order valence-corrected chi connectivity index (χ2v) is 6.63. The number of carboxylic acids is 1. The first kappa shape index (κ1) is 17.7. The van der Waals surface area contributed by atoms with Gasteiger partial charge in [-0.2, -0.15) is 0 Å². The van der Waals surface area contributed by atoms with Gasteiger partial charge >= 0.3 is 12.0 Å². The van der Waals surface area contributed by atoms with Crippen molar-refractivity contribution in [2.45, 2.75) is 25.1 Å². The number of piperazine rings is 1. The fraction of sp³-hybridized carbons (Fsp3) is 0.556. The third kappa shape index (κ3) is 4.11. The van der Waals surface area contributed by atoms with Gasteiger partial charge in [0.1, 0.15) is 6.04 Å². The highest BCUT2D eigenvalue weighted by Crippen LogP contribution is 2.22. The lowest BCUT2D eigenvalue weighted by atomic mass is 10.2. The van der Waals surface area contributed by atoms with E-state index in [1.165, 1.54) is 10.5 Å². The lowest BCUT2D eigenvalue weighted by Crippen LogP contribution is -2.54. The summed E-state index contributed by atoms with van der Waals surface area (Å²) in [6, 6.07) is 9.28. The number of carbonyl (C=O) groups excluding carboxylic acids is 1. The summed E-state index contributed by atoms with van der Waals surface area (Å²) in [4.78, 5) is 29.7. The van der Waals surface area contributed by atoms with Crippen LogP contribution in [0.1, 0.15) is 12.0 Å². The Balaban J connectivity index is 1.55. The Morgan fingerprint density at radius 1 is 1.16 bits per heavy atom. The largest absolute Gasteiger partial charge is 0.480 e. The highest BCUT2D eigenvalue weighted by molar-refractivity contribution is 5.83. The average molecular weight is 347 g/mol. The molecule has 0 aliphatic carbocycles. The molecule has 0 bridgehead atoms. The number of amides is 2. The van der Waals surface area contributed by atoms with Gasteiger partial charge in [-0.3, -0.25) is 4.90 Å². The predicted molar refractivity (Wildman–Crippen MR) is 92.2 cm³/mol. The highest BCUT2D eigenvalue weighted by Gasteiger charge is 2.41. The van der Waals surface area contributed by atoms with Crippen molar-refractivity contribution in [2.75, 3.05) is 39.8 Å². The molecular formula is C18H25N3O4. The van der Waals surface area contributed by atoms with Gasteiger partial charge in [0.25, 0.3) is 0 Å². The Labute approximate surface area is 147 Å². The van der Waals surface area contributed by atoms with Crippen LogP contribution in [0, 0.1) is 0 Å². The Bertz CT molecular complexity index is 602. The number of nitrogens with zero attached hydrogens (tertiary/aromatic N) is 3. The minimum absolute atomic E-state index is 0.189. The Morgan fingerprint density at radius 3 is 2.44 bits per heavy atom. The van der Waals surface area contributed by atoms with Gasteiger partial charge in [-0.05, 0) is 5.56 Å². The van der Waals surface area contributed by atoms with Crippen molar-refractivity contribution in [2.24, 2.45) is 0 Å². The molecule has 2 fully saturated rings. The lowest BCUT2D eigenvalue weighted by Gasteiger charge is -2.37. The molecule has 0 spiro atoms. The molecule has 2 saturated heterocycles. The summed E-state index contributed by atoms with van der Waals surface area (Å²) in [5, 5.41) is 9.37. The van der Waals surface area contributed by atoms with E-state index in [0.717, 1.165) is 19.6 Å². The van der Waals surface area contributed by atoms with E-state index in [9.17, 15) is 14.7 Å². The number of ether oxygens (including phenoxy) is 1. The first-order valence-corrected chi connectivity index (χ1v) is 8.66. The molecule has 7 nitrogen and oxygen atoms in total. The summed E-state index contributed by atoms with van der Waals surface area (Å²) < 4.78 is 5.26. The van der Waals surface area contributed by atoms with Crippen LogP contribution in [0.3, 0.4) is 0 Å². The van der Waals surface area contributed by atoms with E-state index in [1.54, 1.807) is 12.0 Å². The van der Waals surface area contributed by atoms with E-state index in [2.05, 4.69) is 17.0 Å². The number of urea groups is 1. The fourth-order valence-corrected chi connectivity index (χ4v) is 3.53. The van der Waals surface area contributed by atoms with E-state index >= 15 is 0 Å². The monoisotopic (exact) mass is 347 g/mol. The van der Waals surface area contributed by atoms with Crippen molar-refractivity contribution < 1.29 is 19.4 Å². The molecule has 2 unspecified atom stereocenters. The third-order valence-corrected chi connectivity index (χ3v) is 5.02. The summed E-state index contributed by atoms with van der Waals surface area (Å²) >= 11 is 0. The molecular weight excluding hydrogens is 322 g/mol. The van der Waals surface area contributed by atoms with Crippen LogP contribution in [-0.2, 0) is 16.1 Å². The quantitative estimate of drug-likeness (QED) is 0.883. The number of hydrogen-bond acceptors (Lipinski definition) is 4. The highest BCUT2D eigenvalue weighted by atomic mass is 16.5. The number of carbonyl (C=O) groups is 2. The van der Waals surface area contributed by atoms with Crippen molar-refractivity contribution in [3.8, 4) is 0 Å². The number of hydrogen-bond donors (Lipinski definition) is 1. The summed E-state index contributed by atoms with van der Waals surface area (Å²) in [5.41, 5.74) is 1.26. The fourth-order valence-electron chi connectivity index (χ4n) is 3.53. The second kappa shape index (κ2) is 7.84. The molecule has 2 atom stereocenters. The topological polar surface area (TPSA) is 73.3 Å². The van der Waals surface area contributed by atoms with Gasteiger partial charge in [-0.1, -0.05) is 30.3 Å². The molecule has 3 rings (SSSR count). The Kier molecular flexibility index (Phi) is 5.55. The van der Waals surface area contributed by atoms with Crippen LogP contribution in [0.25, 0.3) is 0 Å². The predicted octanol–water partition coefficient (Wildman–Crippen LogP) is 1.10. The van der Waals surface area contributed by atoms with E-state index in [1.807, 2.05) is 18.2 Å². The molecule has 0 aromatic heterocycles. The molecule has 2 amide bonds. The summed E-state index contributed by atoms with van der Waals surface area (Å²) in [7, 11) is 1.56. The lowest BCUT2D eigenvalue weighted by molar-refractivity contribution is -0.141. The van der Waals surface area contributed by atoms with Crippen LogP contribution < -0.4 is 0 Å². The molecule has 136 valence electrons. The van der Waals surface area contributed by atoms with Crippen LogP contribution in [0.4, 0.5) is 4.79 Å². The molecule has 1 aromatic carbocycles. The molecule has 1 aromatic rings. The number of carboxylic acid groups (broad SMARTS) is 1. The smallest absolute Gasteiger partial charge is 0.326 e. The first-order chi connectivity index (χ1) is 12.1. The number of benzene rings is 1. The molecule has 2 aliphatic heterocycles. The molecule has 2 heterocycles. The van der Waals surface area contributed by atoms with Gasteiger partial charge in [0, 0.05) is 52.8 Å². The SMILES string of the molecule is COC1CC(C(=O)O)N(C(=O)N2CCN(Cc3ccccc3)CC2)C1. The Morgan fingerprint density at radius 2 is 1.84 bits per heavy atom. The number of methoxy groups -OCH3 is 1. The minimum Gasteiger partial charge on any atom is -0.480 e. The van der Waals surface area contributed by atoms with Crippen molar-refractivity contribution in [1.82, 2.24) is 14.7 Å². The van der Waals surface area contributed by atoms with Crippen molar-refractivity contribution in [1.29, 1.82) is 0 Å². The van der Waals surface area contributed by atoms with Crippen LogP contribution in [0.15, 0.2) is 30.3 Å². The molecule has 0 radical (unpaired) electrons. The summed E-state index contributed by atoms with van der Waals surface area (Å²) in [6.07, 6.45) is 0.148. The average Bonchev–Trinajstić information content (AvgIpc) is 3.07. The second-order valence-electron chi connectivity index (χ2n) is 6.63. The Hall–Kier alpha value is -2.12. The van der Waals surface area contributed by atoms with Gasteiger partial charge in [0.15, 0.2) is 0 Å². The minimum atomic E-state index is -0.962. The van der Waals surface area contributed by atoms with Crippen LogP contribution in [-0.4, -0.2) is 83.8 Å².